The molecule has 0 fully saturated rings. The van der Waals surface area contributed by atoms with Gasteiger partial charge in [-0.25, -0.2) is 9.97 Å². The molecular formula is C23H17Cl2N5OS. The molecule has 3 aromatic carbocycles. The first-order chi connectivity index (χ1) is 15.5. The van der Waals surface area contributed by atoms with Crippen LogP contribution in [0.2, 0.25) is 10.0 Å². The topological polar surface area (TPSA) is 75.6 Å². The number of carbonyl (C=O) groups excluding carboxylic acids is 1. The number of hydrogen-bond acceptors (Lipinski definition) is 4. The molecule has 0 aliphatic rings. The Bertz CT molecular complexity index is 1430. The van der Waals surface area contributed by atoms with E-state index in [1.54, 1.807) is 6.07 Å². The van der Waals surface area contributed by atoms with Gasteiger partial charge in [0, 0.05) is 18.3 Å². The van der Waals surface area contributed by atoms with Crippen LogP contribution < -0.4 is 5.32 Å². The lowest BCUT2D eigenvalue weighted by molar-refractivity contribution is -0.113. The van der Waals surface area contributed by atoms with E-state index < -0.39 is 0 Å². The Labute approximate surface area is 198 Å². The number of fused-ring (bicyclic) bond motifs is 2. The molecule has 0 radical (unpaired) electrons. The van der Waals surface area contributed by atoms with Gasteiger partial charge in [-0.3, -0.25) is 4.79 Å². The highest BCUT2D eigenvalue weighted by atomic mass is 35.5. The predicted molar refractivity (Wildman–Crippen MR) is 132 cm³/mol. The first-order valence-electron chi connectivity index (χ1n) is 9.77. The number of H-pyrrole nitrogens is 1. The lowest BCUT2D eigenvalue weighted by atomic mass is 10.2. The molecule has 0 aliphatic heterocycles. The molecule has 0 saturated heterocycles. The number of benzene rings is 3. The number of anilines is 1. The number of nitrogens with one attached hydrogen (secondary N) is 2. The van der Waals surface area contributed by atoms with Gasteiger partial charge in [0.15, 0.2) is 5.16 Å². The van der Waals surface area contributed by atoms with Crippen molar-refractivity contribution in [3.8, 4) is 11.4 Å². The number of amides is 1. The smallest absolute Gasteiger partial charge is 0.234 e. The van der Waals surface area contributed by atoms with Crippen LogP contribution in [0.25, 0.3) is 33.5 Å². The lowest BCUT2D eigenvalue weighted by Gasteiger charge is -2.07. The summed E-state index contributed by atoms with van der Waals surface area (Å²) in [5, 5.41) is 4.61. The number of rotatable bonds is 5. The number of carbonyl (C=O) groups is 1. The van der Waals surface area contributed by atoms with Crippen LogP contribution in [0.3, 0.4) is 0 Å². The molecule has 0 unspecified atom stereocenters. The van der Waals surface area contributed by atoms with E-state index in [2.05, 4.69) is 20.3 Å². The van der Waals surface area contributed by atoms with E-state index in [9.17, 15) is 4.79 Å². The van der Waals surface area contributed by atoms with E-state index in [0.717, 1.165) is 38.6 Å². The van der Waals surface area contributed by atoms with E-state index in [1.165, 1.54) is 11.8 Å². The van der Waals surface area contributed by atoms with Crippen molar-refractivity contribution in [3.63, 3.8) is 0 Å². The molecule has 2 N–H and O–H groups in total. The second-order valence-electron chi connectivity index (χ2n) is 7.22. The zero-order valence-corrected chi connectivity index (χ0v) is 19.2. The average Bonchev–Trinajstić information content (AvgIpc) is 3.34. The summed E-state index contributed by atoms with van der Waals surface area (Å²) in [6, 6.07) is 18.9. The number of imidazole rings is 2. The number of aryl methyl sites for hydroxylation is 1. The van der Waals surface area contributed by atoms with Crippen LogP contribution in [0, 0.1) is 0 Å². The highest BCUT2D eigenvalue weighted by Gasteiger charge is 2.13. The molecule has 2 aromatic heterocycles. The van der Waals surface area contributed by atoms with E-state index >= 15 is 0 Å². The SMILES string of the molecule is Cn1c(-c2ccc(NC(=O)CSc3nc4ccccc4[nH]3)cc2)nc2cc(Cl)c(Cl)cc21. The van der Waals surface area contributed by atoms with E-state index in [-0.39, 0.29) is 11.7 Å². The molecule has 0 saturated carbocycles. The second-order valence-corrected chi connectivity index (χ2v) is 9.00. The number of aromatic nitrogens is 4. The lowest BCUT2D eigenvalue weighted by Crippen LogP contribution is -2.14. The minimum atomic E-state index is -0.102. The van der Waals surface area contributed by atoms with Crippen molar-refractivity contribution >= 4 is 68.6 Å². The molecule has 0 aliphatic carbocycles. The van der Waals surface area contributed by atoms with Gasteiger partial charge < -0.3 is 14.9 Å². The number of para-hydroxylation sites is 2. The minimum Gasteiger partial charge on any atom is -0.333 e. The van der Waals surface area contributed by atoms with Crippen LogP contribution in [-0.4, -0.2) is 31.2 Å². The summed E-state index contributed by atoms with van der Waals surface area (Å²) >= 11 is 13.6. The molecule has 5 aromatic rings. The highest BCUT2D eigenvalue weighted by molar-refractivity contribution is 7.99. The molecular weight excluding hydrogens is 465 g/mol. The second kappa shape index (κ2) is 8.50. The van der Waals surface area contributed by atoms with Crippen LogP contribution in [0.1, 0.15) is 0 Å². The van der Waals surface area contributed by atoms with Gasteiger partial charge in [-0.2, -0.15) is 0 Å². The molecule has 6 nitrogen and oxygen atoms in total. The molecule has 32 heavy (non-hydrogen) atoms. The third-order valence-electron chi connectivity index (χ3n) is 5.06. The van der Waals surface area contributed by atoms with Gasteiger partial charge in [0.25, 0.3) is 0 Å². The fourth-order valence-corrected chi connectivity index (χ4v) is 4.48. The van der Waals surface area contributed by atoms with Crippen molar-refractivity contribution in [2.75, 3.05) is 11.1 Å². The summed E-state index contributed by atoms with van der Waals surface area (Å²) in [6.07, 6.45) is 0. The van der Waals surface area contributed by atoms with Gasteiger partial charge in [-0.1, -0.05) is 47.1 Å². The summed E-state index contributed by atoms with van der Waals surface area (Å²) in [5.41, 5.74) is 5.15. The molecule has 0 spiro atoms. The number of halogens is 2. The van der Waals surface area contributed by atoms with Crippen LogP contribution in [-0.2, 0) is 11.8 Å². The number of nitrogens with zero attached hydrogens (tertiary/aromatic N) is 3. The van der Waals surface area contributed by atoms with E-state index in [1.807, 2.05) is 66.2 Å². The Kier molecular flexibility index (Phi) is 5.55. The number of thioether (sulfide) groups is 1. The zero-order chi connectivity index (χ0) is 22.2. The first-order valence-corrected chi connectivity index (χ1v) is 11.5. The zero-order valence-electron chi connectivity index (χ0n) is 16.9. The third kappa shape index (κ3) is 4.07. The van der Waals surface area contributed by atoms with Gasteiger partial charge in [-0.05, 0) is 48.5 Å². The van der Waals surface area contributed by atoms with E-state index in [0.29, 0.717) is 15.7 Å². The Balaban J connectivity index is 1.27. The quantitative estimate of drug-likeness (QED) is 0.295. The van der Waals surface area contributed by atoms with Crippen molar-refractivity contribution in [2.24, 2.45) is 7.05 Å². The van der Waals surface area contributed by atoms with E-state index in [4.69, 9.17) is 23.2 Å². The average molecular weight is 482 g/mol. The molecule has 0 atom stereocenters. The normalized spacial score (nSPS) is 11.3. The van der Waals surface area contributed by atoms with Crippen LogP contribution in [0.4, 0.5) is 5.69 Å². The predicted octanol–water partition coefficient (Wildman–Crippen LogP) is 6.15. The molecule has 2 heterocycles. The largest absolute Gasteiger partial charge is 0.333 e. The highest BCUT2D eigenvalue weighted by Crippen LogP contribution is 2.31. The van der Waals surface area contributed by atoms with Gasteiger partial charge in [-0.15, -0.1) is 0 Å². The summed E-state index contributed by atoms with van der Waals surface area (Å²) in [6.45, 7) is 0. The van der Waals surface area contributed by atoms with Crippen molar-refractivity contribution < 1.29 is 4.79 Å². The van der Waals surface area contributed by atoms with Gasteiger partial charge in [0.05, 0.1) is 37.9 Å². The molecule has 160 valence electrons. The van der Waals surface area contributed by atoms with Crippen LogP contribution >= 0.6 is 35.0 Å². The van der Waals surface area contributed by atoms with Crippen molar-refractivity contribution in [1.82, 2.24) is 19.5 Å². The number of aromatic amines is 1. The van der Waals surface area contributed by atoms with Gasteiger partial charge in [0.1, 0.15) is 5.82 Å². The third-order valence-corrected chi connectivity index (χ3v) is 6.65. The summed E-state index contributed by atoms with van der Waals surface area (Å²) in [4.78, 5) is 24.7. The van der Waals surface area contributed by atoms with Crippen molar-refractivity contribution in [1.29, 1.82) is 0 Å². The molecule has 5 rings (SSSR count). The summed E-state index contributed by atoms with van der Waals surface area (Å²) in [7, 11) is 1.93. The Morgan fingerprint density at radius 1 is 1.03 bits per heavy atom. The summed E-state index contributed by atoms with van der Waals surface area (Å²) < 4.78 is 1.97. The molecule has 0 bridgehead atoms. The Morgan fingerprint density at radius 2 is 1.78 bits per heavy atom. The Hall–Kier alpha value is -3.00. The molecule has 1 amide bonds. The maximum absolute atomic E-state index is 12.4. The van der Waals surface area contributed by atoms with Crippen molar-refractivity contribution in [3.05, 3.63) is 70.7 Å². The fraction of sp³-hybridized carbons (Fsp3) is 0.0870. The summed E-state index contributed by atoms with van der Waals surface area (Å²) in [5.74, 6) is 0.945. The number of hydrogen-bond donors (Lipinski definition) is 2. The van der Waals surface area contributed by atoms with Gasteiger partial charge >= 0.3 is 0 Å². The van der Waals surface area contributed by atoms with Crippen molar-refractivity contribution in [2.45, 2.75) is 5.16 Å². The van der Waals surface area contributed by atoms with Gasteiger partial charge in [0.2, 0.25) is 5.91 Å². The molecule has 9 heteroatoms. The first kappa shape index (κ1) is 20.9. The fourth-order valence-electron chi connectivity index (χ4n) is 3.48. The van der Waals surface area contributed by atoms with Crippen LogP contribution in [0.15, 0.2) is 65.8 Å². The van der Waals surface area contributed by atoms with Crippen LogP contribution in [0.5, 0.6) is 0 Å². The maximum Gasteiger partial charge on any atom is 0.234 e. The Morgan fingerprint density at radius 3 is 2.56 bits per heavy atom. The standard InChI is InChI=1S/C23H17Cl2N5OS/c1-30-20-11-16(25)15(24)10-19(20)27-22(30)13-6-8-14(9-7-13)26-21(31)12-32-23-28-17-4-2-3-5-18(17)29-23/h2-11H,12H2,1H3,(H,26,31)(H,28,29). The maximum atomic E-state index is 12.4. The monoisotopic (exact) mass is 481 g/mol. The minimum absolute atomic E-state index is 0.102.